The fourth-order valence-corrected chi connectivity index (χ4v) is 6.60. The van der Waals surface area contributed by atoms with Crippen molar-refractivity contribution in [1.29, 1.82) is 0 Å². The quantitative estimate of drug-likeness (QED) is 0.164. The molecular formula is C37H42N4O6S. The van der Waals surface area contributed by atoms with Gasteiger partial charge in [-0.25, -0.2) is 13.4 Å². The molecule has 48 heavy (non-hydrogen) atoms. The van der Waals surface area contributed by atoms with Gasteiger partial charge in [0.2, 0.25) is 11.8 Å². The second-order valence-corrected chi connectivity index (χ2v) is 14.9. The molecule has 1 aliphatic rings. The molecule has 0 radical (unpaired) electrons. The van der Waals surface area contributed by atoms with Crippen LogP contribution >= 0.6 is 0 Å². The first-order valence-electron chi connectivity index (χ1n) is 16.1. The number of nitrogens with one attached hydrogen (secondary N) is 3. The van der Waals surface area contributed by atoms with Crippen molar-refractivity contribution in [3.05, 3.63) is 114 Å². The van der Waals surface area contributed by atoms with Gasteiger partial charge < -0.3 is 20.7 Å². The number of epoxide rings is 1. The molecule has 1 aliphatic heterocycles. The Morgan fingerprint density at radius 3 is 2.06 bits per heavy atom. The van der Waals surface area contributed by atoms with Crippen molar-refractivity contribution in [3.8, 4) is 0 Å². The molecule has 1 fully saturated rings. The summed E-state index contributed by atoms with van der Waals surface area (Å²) in [5, 5.41) is 9.51. The van der Waals surface area contributed by atoms with E-state index in [1.165, 1.54) is 6.07 Å². The number of aromatic nitrogens is 1. The average molecular weight is 671 g/mol. The molecule has 3 amide bonds. The lowest BCUT2D eigenvalue weighted by molar-refractivity contribution is -0.123. The minimum Gasteiger partial charge on any atom is -0.367 e. The van der Waals surface area contributed by atoms with E-state index in [0.29, 0.717) is 18.4 Å². The van der Waals surface area contributed by atoms with Gasteiger partial charge in [-0.15, -0.1) is 0 Å². The number of rotatable bonds is 15. The number of nitrogens with zero attached hydrogens (tertiary/aromatic N) is 1. The third-order valence-corrected chi connectivity index (χ3v) is 9.34. The van der Waals surface area contributed by atoms with Crippen LogP contribution in [0, 0.1) is 5.92 Å². The number of amides is 3. The predicted molar refractivity (Wildman–Crippen MR) is 185 cm³/mol. The third kappa shape index (κ3) is 9.95. The van der Waals surface area contributed by atoms with E-state index >= 15 is 0 Å². The van der Waals surface area contributed by atoms with Crippen molar-refractivity contribution in [1.82, 2.24) is 20.9 Å². The van der Waals surface area contributed by atoms with Crippen LogP contribution in [-0.4, -0.2) is 73.5 Å². The summed E-state index contributed by atoms with van der Waals surface area (Å²) in [7, 11) is -3.68. The Bertz CT molecular complexity index is 1830. The maximum atomic E-state index is 13.7. The number of para-hydroxylation sites is 1. The van der Waals surface area contributed by atoms with Crippen LogP contribution < -0.4 is 16.0 Å². The number of fused-ring (bicyclic) bond motifs is 1. The number of carbonyl (C=O) groups is 3. The molecule has 1 aromatic heterocycles. The molecule has 1 saturated heterocycles. The number of carbonyl (C=O) groups excluding carboxylic acids is 3. The minimum atomic E-state index is -3.68. The van der Waals surface area contributed by atoms with Crippen LogP contribution in [0.5, 0.6) is 0 Å². The van der Waals surface area contributed by atoms with Gasteiger partial charge in [-0.2, -0.15) is 0 Å². The van der Waals surface area contributed by atoms with Crippen LogP contribution in [-0.2, 0) is 37.0 Å². The Labute approximate surface area is 281 Å². The van der Waals surface area contributed by atoms with Crippen molar-refractivity contribution in [3.63, 3.8) is 0 Å². The van der Waals surface area contributed by atoms with Gasteiger partial charge >= 0.3 is 0 Å². The van der Waals surface area contributed by atoms with Crippen LogP contribution in [0.4, 0.5) is 0 Å². The molecule has 5 rings (SSSR count). The zero-order valence-electron chi connectivity index (χ0n) is 27.3. The Kier molecular flexibility index (Phi) is 11.2. The van der Waals surface area contributed by atoms with Gasteiger partial charge in [-0.3, -0.25) is 14.4 Å². The van der Waals surface area contributed by atoms with Crippen LogP contribution in [0.1, 0.15) is 41.9 Å². The normalized spacial score (nSPS) is 17.7. The van der Waals surface area contributed by atoms with E-state index in [2.05, 4.69) is 34.8 Å². The summed E-state index contributed by atoms with van der Waals surface area (Å²) >= 11 is 0. The van der Waals surface area contributed by atoms with Crippen LogP contribution in [0.3, 0.4) is 0 Å². The molecule has 5 atom stereocenters. The van der Waals surface area contributed by atoms with E-state index < -0.39 is 51.7 Å². The second kappa shape index (κ2) is 15.5. The number of sulfone groups is 1. The molecule has 3 aromatic carbocycles. The first kappa shape index (κ1) is 34.7. The second-order valence-electron chi connectivity index (χ2n) is 12.8. The van der Waals surface area contributed by atoms with Crippen LogP contribution in [0.25, 0.3) is 10.9 Å². The first-order valence-corrected chi connectivity index (χ1v) is 18.2. The first-order chi connectivity index (χ1) is 22.9. The summed E-state index contributed by atoms with van der Waals surface area (Å²) in [6.07, 6.45) is 1.28. The third-order valence-electron chi connectivity index (χ3n) is 8.40. The summed E-state index contributed by atoms with van der Waals surface area (Å²) in [5.74, 6) is -1.88. The molecule has 3 N–H and O–H groups in total. The molecule has 11 heteroatoms. The van der Waals surface area contributed by atoms with Gasteiger partial charge in [0.05, 0.1) is 29.8 Å². The SMILES string of the molecule is CC(C)[C@H](Cc1ccccc1)NC(=O)C[C@@H]1O[C@@H]1[C@H](Cc1ccccc1)NC(=O)[C@H](CS(C)(=O)=O)NC(=O)c1ccc2ccccc2n1. The predicted octanol–water partition coefficient (Wildman–Crippen LogP) is 3.65. The maximum absolute atomic E-state index is 13.7. The molecule has 4 aromatic rings. The smallest absolute Gasteiger partial charge is 0.270 e. The molecule has 0 saturated carbocycles. The van der Waals surface area contributed by atoms with Crippen molar-refractivity contribution in [2.24, 2.45) is 5.92 Å². The van der Waals surface area contributed by atoms with Crippen molar-refractivity contribution < 1.29 is 27.5 Å². The lowest BCUT2D eigenvalue weighted by Gasteiger charge is -2.23. The van der Waals surface area contributed by atoms with Gasteiger partial charge in [0.25, 0.3) is 5.91 Å². The zero-order valence-corrected chi connectivity index (χ0v) is 28.2. The van der Waals surface area contributed by atoms with E-state index in [-0.39, 0.29) is 30.0 Å². The lowest BCUT2D eigenvalue weighted by atomic mass is 9.96. The van der Waals surface area contributed by atoms with Crippen LogP contribution in [0.15, 0.2) is 97.1 Å². The van der Waals surface area contributed by atoms with Crippen molar-refractivity contribution >= 4 is 38.5 Å². The monoisotopic (exact) mass is 670 g/mol. The van der Waals surface area contributed by atoms with Gasteiger partial charge in [0.15, 0.2) is 0 Å². The Balaban J connectivity index is 1.27. The summed E-state index contributed by atoms with van der Waals surface area (Å²) in [6, 6.07) is 28.0. The fraction of sp³-hybridized carbons (Fsp3) is 0.351. The highest BCUT2D eigenvalue weighted by molar-refractivity contribution is 7.90. The Morgan fingerprint density at radius 2 is 1.42 bits per heavy atom. The molecule has 2 heterocycles. The van der Waals surface area contributed by atoms with E-state index in [4.69, 9.17) is 4.74 Å². The summed E-state index contributed by atoms with van der Waals surface area (Å²) in [4.78, 5) is 44.5. The molecule has 0 bridgehead atoms. The molecule has 252 valence electrons. The van der Waals surface area contributed by atoms with Gasteiger partial charge in [-0.1, -0.05) is 98.8 Å². The highest BCUT2D eigenvalue weighted by Crippen LogP contribution is 2.30. The average Bonchev–Trinajstić information content (AvgIpc) is 3.82. The van der Waals surface area contributed by atoms with E-state index in [1.807, 2.05) is 72.8 Å². The van der Waals surface area contributed by atoms with E-state index in [1.54, 1.807) is 18.2 Å². The number of hydrogen-bond donors (Lipinski definition) is 3. The largest absolute Gasteiger partial charge is 0.367 e. The molecular weight excluding hydrogens is 628 g/mol. The molecule has 10 nitrogen and oxygen atoms in total. The fourth-order valence-electron chi connectivity index (χ4n) is 5.76. The topological polar surface area (TPSA) is 147 Å². The maximum Gasteiger partial charge on any atom is 0.270 e. The van der Waals surface area contributed by atoms with Gasteiger partial charge in [0.1, 0.15) is 27.7 Å². The summed E-state index contributed by atoms with van der Waals surface area (Å²) in [5.41, 5.74) is 2.71. The summed E-state index contributed by atoms with van der Waals surface area (Å²) < 4.78 is 30.7. The molecule has 0 aliphatic carbocycles. The molecule has 0 unspecified atom stereocenters. The van der Waals surface area contributed by atoms with E-state index in [0.717, 1.165) is 22.8 Å². The van der Waals surface area contributed by atoms with E-state index in [9.17, 15) is 22.8 Å². The highest BCUT2D eigenvalue weighted by Gasteiger charge is 2.47. The molecule has 0 spiro atoms. The van der Waals surface area contributed by atoms with Crippen LogP contribution in [0.2, 0.25) is 0 Å². The zero-order chi connectivity index (χ0) is 34.3. The highest BCUT2D eigenvalue weighted by atomic mass is 32.2. The summed E-state index contributed by atoms with van der Waals surface area (Å²) in [6.45, 7) is 4.13. The van der Waals surface area contributed by atoms with Crippen molar-refractivity contribution in [2.45, 2.75) is 63.4 Å². The van der Waals surface area contributed by atoms with Gasteiger partial charge in [0, 0.05) is 17.7 Å². The number of pyridine rings is 1. The number of benzene rings is 3. The lowest BCUT2D eigenvalue weighted by Crippen LogP contribution is -2.54. The number of ether oxygens (including phenoxy) is 1. The number of hydrogen-bond acceptors (Lipinski definition) is 7. The Morgan fingerprint density at radius 1 is 0.792 bits per heavy atom. The van der Waals surface area contributed by atoms with Crippen molar-refractivity contribution in [2.75, 3.05) is 12.0 Å². The standard InChI is InChI=1S/C37H42N4O6S/c1-24(2)30(20-25-12-6-4-7-13-25)39-34(42)22-33-35(47-33)31(21-26-14-8-5-9-15-26)40-37(44)32(23-48(3,45)46)41-36(43)29-19-18-27-16-10-11-17-28(27)38-29/h4-19,24,30-33,35H,20-23H2,1-3H3,(H,39,42)(H,40,44)(H,41,43)/t30-,31-,32-,33-,35+/m0/s1. The van der Waals surface area contributed by atoms with Gasteiger partial charge in [-0.05, 0) is 42.0 Å². The Hall–Kier alpha value is -4.61. The minimum absolute atomic E-state index is 0.0596.